The number of aliphatic hydroxyl groups is 1. The molecule has 0 radical (unpaired) electrons. The highest BCUT2D eigenvalue weighted by atomic mass is 16.5. The molecular weight excluding hydrogens is 202 g/mol. The lowest BCUT2D eigenvalue weighted by Gasteiger charge is -2.17. The molecule has 2 N–H and O–H groups in total. The van der Waals surface area contributed by atoms with Gasteiger partial charge in [0.25, 0.3) is 0 Å². The van der Waals surface area contributed by atoms with Crippen LogP contribution >= 0.6 is 0 Å². The number of aliphatic hydroxyl groups excluding tert-OH is 1. The molecule has 0 aliphatic rings. The van der Waals surface area contributed by atoms with E-state index in [1.165, 1.54) is 0 Å². The summed E-state index contributed by atoms with van der Waals surface area (Å²) < 4.78 is 5.44. The molecule has 0 fully saturated rings. The van der Waals surface area contributed by atoms with Crippen molar-refractivity contribution in [2.24, 2.45) is 0 Å². The van der Waals surface area contributed by atoms with E-state index < -0.39 is 0 Å². The summed E-state index contributed by atoms with van der Waals surface area (Å²) >= 11 is 0. The molecule has 1 aromatic carbocycles. The molecule has 0 saturated carbocycles. The smallest absolute Gasteiger partial charge is 0.119 e. The van der Waals surface area contributed by atoms with Crippen LogP contribution in [0.3, 0.4) is 0 Å². The Morgan fingerprint density at radius 3 is 2.81 bits per heavy atom. The first kappa shape index (κ1) is 13.0. The topological polar surface area (TPSA) is 41.5 Å². The second-order valence-corrected chi connectivity index (χ2v) is 3.69. The number of nitrogens with one attached hydrogen (secondary N) is 1. The fourth-order valence-corrected chi connectivity index (χ4v) is 1.59. The zero-order valence-electron chi connectivity index (χ0n) is 10.1. The largest absolute Gasteiger partial charge is 0.494 e. The number of hydrogen-bond acceptors (Lipinski definition) is 3. The van der Waals surface area contributed by atoms with Crippen LogP contribution < -0.4 is 10.1 Å². The molecule has 0 aliphatic heterocycles. The molecule has 0 aliphatic carbocycles. The molecule has 1 unspecified atom stereocenters. The first-order valence-corrected chi connectivity index (χ1v) is 5.88. The molecule has 1 rings (SSSR count). The fourth-order valence-electron chi connectivity index (χ4n) is 1.59. The molecule has 1 aromatic rings. The number of rotatable bonds is 7. The summed E-state index contributed by atoms with van der Waals surface area (Å²) in [5.41, 5.74) is 1.07. The molecule has 3 nitrogen and oxygen atoms in total. The Morgan fingerprint density at radius 2 is 2.19 bits per heavy atom. The van der Waals surface area contributed by atoms with Crippen molar-refractivity contribution < 1.29 is 9.84 Å². The van der Waals surface area contributed by atoms with Gasteiger partial charge in [0.2, 0.25) is 0 Å². The summed E-state index contributed by atoms with van der Waals surface area (Å²) in [7, 11) is 0. The van der Waals surface area contributed by atoms with Gasteiger partial charge in [-0.25, -0.2) is 0 Å². The van der Waals surface area contributed by atoms with Gasteiger partial charge in [0.15, 0.2) is 0 Å². The molecule has 0 amide bonds. The van der Waals surface area contributed by atoms with Crippen molar-refractivity contribution in [1.82, 2.24) is 5.32 Å². The zero-order chi connectivity index (χ0) is 11.8. The van der Waals surface area contributed by atoms with E-state index in [1.54, 1.807) is 0 Å². The van der Waals surface area contributed by atoms with Crippen LogP contribution in [-0.4, -0.2) is 24.9 Å². The van der Waals surface area contributed by atoms with Gasteiger partial charge in [-0.3, -0.25) is 0 Å². The van der Waals surface area contributed by atoms with Crippen molar-refractivity contribution in [2.45, 2.75) is 26.3 Å². The highest BCUT2D eigenvalue weighted by Crippen LogP contribution is 2.19. The van der Waals surface area contributed by atoms with Crippen molar-refractivity contribution >= 4 is 0 Å². The maximum atomic E-state index is 9.32. The van der Waals surface area contributed by atoms with Gasteiger partial charge < -0.3 is 15.2 Å². The Balaban J connectivity index is 2.71. The van der Waals surface area contributed by atoms with E-state index in [1.807, 2.05) is 31.2 Å². The van der Waals surface area contributed by atoms with Crippen molar-refractivity contribution in [3.63, 3.8) is 0 Å². The number of benzene rings is 1. The van der Waals surface area contributed by atoms with Gasteiger partial charge in [0.1, 0.15) is 5.75 Å². The van der Waals surface area contributed by atoms with Crippen molar-refractivity contribution in [3.8, 4) is 5.75 Å². The first-order chi connectivity index (χ1) is 7.81. The van der Waals surface area contributed by atoms with E-state index >= 15 is 0 Å². The minimum Gasteiger partial charge on any atom is -0.494 e. The van der Waals surface area contributed by atoms with Crippen LogP contribution in [0.4, 0.5) is 0 Å². The highest BCUT2D eigenvalue weighted by Gasteiger charge is 2.09. The number of hydrogen-bond donors (Lipinski definition) is 2. The van der Waals surface area contributed by atoms with E-state index in [0.29, 0.717) is 6.61 Å². The normalized spacial score (nSPS) is 12.4. The third kappa shape index (κ3) is 3.83. The SMILES string of the molecule is CCCNC(CO)c1cccc(OCC)c1. The molecule has 0 spiro atoms. The average molecular weight is 223 g/mol. The van der Waals surface area contributed by atoms with Gasteiger partial charge in [0, 0.05) is 0 Å². The second kappa shape index (κ2) is 7.25. The van der Waals surface area contributed by atoms with Crippen LogP contribution in [0.1, 0.15) is 31.9 Å². The molecule has 1 atom stereocenters. The van der Waals surface area contributed by atoms with E-state index in [-0.39, 0.29) is 12.6 Å². The molecule has 0 aromatic heterocycles. The van der Waals surface area contributed by atoms with E-state index in [2.05, 4.69) is 12.2 Å². The van der Waals surface area contributed by atoms with Gasteiger partial charge in [-0.05, 0) is 37.6 Å². The minimum absolute atomic E-state index is 0.000330. The molecule has 0 bridgehead atoms. The lowest BCUT2D eigenvalue weighted by atomic mass is 10.1. The van der Waals surface area contributed by atoms with E-state index in [4.69, 9.17) is 4.74 Å². The van der Waals surface area contributed by atoms with Gasteiger partial charge in [-0.15, -0.1) is 0 Å². The zero-order valence-corrected chi connectivity index (χ0v) is 10.1. The van der Waals surface area contributed by atoms with Gasteiger partial charge >= 0.3 is 0 Å². The van der Waals surface area contributed by atoms with Crippen LogP contribution in [0.2, 0.25) is 0 Å². The van der Waals surface area contributed by atoms with Crippen LogP contribution in [0.25, 0.3) is 0 Å². The van der Waals surface area contributed by atoms with Crippen LogP contribution in [0, 0.1) is 0 Å². The molecule has 16 heavy (non-hydrogen) atoms. The fraction of sp³-hybridized carbons (Fsp3) is 0.538. The summed E-state index contributed by atoms with van der Waals surface area (Å²) in [4.78, 5) is 0. The highest BCUT2D eigenvalue weighted by molar-refractivity contribution is 5.30. The maximum absolute atomic E-state index is 9.32. The Bertz CT molecular complexity index is 302. The Kier molecular flexibility index (Phi) is 5.90. The third-order valence-corrected chi connectivity index (χ3v) is 2.39. The third-order valence-electron chi connectivity index (χ3n) is 2.39. The predicted molar refractivity (Wildman–Crippen MR) is 65.7 cm³/mol. The Labute approximate surface area is 97.4 Å². The van der Waals surface area contributed by atoms with Crippen molar-refractivity contribution in [1.29, 1.82) is 0 Å². The number of ether oxygens (including phenoxy) is 1. The summed E-state index contributed by atoms with van der Waals surface area (Å²) in [6.45, 7) is 5.75. The maximum Gasteiger partial charge on any atom is 0.119 e. The summed E-state index contributed by atoms with van der Waals surface area (Å²) in [5.74, 6) is 0.858. The summed E-state index contributed by atoms with van der Waals surface area (Å²) in [6.07, 6.45) is 1.06. The first-order valence-electron chi connectivity index (χ1n) is 5.88. The van der Waals surface area contributed by atoms with Gasteiger partial charge in [-0.2, -0.15) is 0 Å². The molecular formula is C13H21NO2. The van der Waals surface area contributed by atoms with Crippen molar-refractivity contribution in [3.05, 3.63) is 29.8 Å². The average Bonchev–Trinajstić information content (AvgIpc) is 2.31. The van der Waals surface area contributed by atoms with Gasteiger partial charge in [0.05, 0.1) is 19.3 Å². The Morgan fingerprint density at radius 1 is 1.38 bits per heavy atom. The van der Waals surface area contributed by atoms with Gasteiger partial charge in [-0.1, -0.05) is 19.1 Å². The lowest BCUT2D eigenvalue weighted by Crippen LogP contribution is -2.25. The second-order valence-electron chi connectivity index (χ2n) is 3.69. The molecule has 3 heteroatoms. The molecule has 90 valence electrons. The lowest BCUT2D eigenvalue weighted by molar-refractivity contribution is 0.244. The molecule has 0 heterocycles. The molecule has 0 saturated heterocycles. The minimum atomic E-state index is 0.000330. The van der Waals surface area contributed by atoms with E-state index in [9.17, 15) is 5.11 Å². The standard InChI is InChI=1S/C13H21NO2/c1-3-8-14-13(10-15)11-6-5-7-12(9-11)16-4-2/h5-7,9,13-15H,3-4,8,10H2,1-2H3. The monoisotopic (exact) mass is 223 g/mol. The Hall–Kier alpha value is -1.06. The van der Waals surface area contributed by atoms with Crippen LogP contribution in [-0.2, 0) is 0 Å². The summed E-state index contributed by atoms with van der Waals surface area (Å²) in [6, 6.07) is 7.87. The quantitative estimate of drug-likeness (QED) is 0.744. The van der Waals surface area contributed by atoms with E-state index in [0.717, 1.165) is 24.3 Å². The van der Waals surface area contributed by atoms with Crippen LogP contribution in [0.15, 0.2) is 24.3 Å². The van der Waals surface area contributed by atoms with Crippen LogP contribution in [0.5, 0.6) is 5.75 Å². The summed E-state index contributed by atoms with van der Waals surface area (Å²) in [5, 5.41) is 12.6. The predicted octanol–water partition coefficient (Wildman–Crippen LogP) is 2.12. The van der Waals surface area contributed by atoms with Crippen molar-refractivity contribution in [2.75, 3.05) is 19.8 Å².